The Morgan fingerprint density at radius 1 is 1.10 bits per heavy atom. The number of hydrogen-bond acceptors (Lipinski definition) is 4. The van der Waals surface area contributed by atoms with Gasteiger partial charge in [0.15, 0.2) is 0 Å². The summed E-state index contributed by atoms with van der Waals surface area (Å²) in [6.45, 7) is 6.10. The second kappa shape index (κ2) is 7.36. The van der Waals surface area contributed by atoms with Crippen molar-refractivity contribution in [3.05, 3.63) is 35.5 Å². The van der Waals surface area contributed by atoms with Gasteiger partial charge >= 0.3 is 0 Å². The van der Waals surface area contributed by atoms with E-state index in [1.165, 1.54) is 48.1 Å². The molecule has 5 heterocycles. The fourth-order valence-electron chi connectivity index (χ4n) is 6.37. The molecule has 0 radical (unpaired) electrons. The fraction of sp³-hybridized carbons (Fsp3) is 0.625. The van der Waals surface area contributed by atoms with Gasteiger partial charge in [0.1, 0.15) is 12.8 Å². The summed E-state index contributed by atoms with van der Waals surface area (Å²) in [5.74, 6) is 0.777. The lowest BCUT2D eigenvalue weighted by atomic mass is 9.78. The van der Waals surface area contributed by atoms with Crippen molar-refractivity contribution in [2.24, 2.45) is 5.92 Å². The zero-order chi connectivity index (χ0) is 20.2. The Hall–Kier alpha value is -1.89. The number of nitrogens with zero attached hydrogens (tertiary/aromatic N) is 4. The maximum Gasteiger partial charge on any atom is 0.248 e. The van der Waals surface area contributed by atoms with E-state index in [0.717, 1.165) is 39.0 Å². The van der Waals surface area contributed by atoms with Crippen molar-refractivity contribution < 1.29 is 9.53 Å². The number of carbonyl (C=O) groups is 1. The summed E-state index contributed by atoms with van der Waals surface area (Å²) < 4.78 is 8.88. The first-order valence-electron chi connectivity index (χ1n) is 11.6. The Balaban J connectivity index is 1.31. The van der Waals surface area contributed by atoms with E-state index in [-0.39, 0.29) is 18.7 Å². The molecule has 0 saturated carbocycles. The van der Waals surface area contributed by atoms with Gasteiger partial charge in [-0.2, -0.15) is 0 Å². The highest BCUT2D eigenvalue weighted by Crippen LogP contribution is 2.51. The molecule has 160 valence electrons. The predicted molar refractivity (Wildman–Crippen MR) is 116 cm³/mol. The quantitative estimate of drug-likeness (QED) is 0.783. The number of piperidine rings is 1. The highest BCUT2D eigenvalue weighted by molar-refractivity contribution is 5.86. The minimum Gasteiger partial charge on any atom is -0.348 e. The number of aromatic nitrogens is 1. The molecule has 3 atom stereocenters. The standard InChI is InChI=1S/C24H32N4O2/c1-25-11-13-26(14-12-25)21(29)16-30-22-15-17-5-4-9-27-10-8-19-18-6-2-3-7-20(18)28(22)24(19)23(17)27/h2-3,6-7,17,22-23H,4-5,8-16H2,1H3/t17-,22?,23+/m0/s1. The maximum atomic E-state index is 12.8. The van der Waals surface area contributed by atoms with Gasteiger partial charge in [0.2, 0.25) is 5.91 Å². The zero-order valence-electron chi connectivity index (χ0n) is 17.9. The van der Waals surface area contributed by atoms with Crippen LogP contribution in [0.1, 0.15) is 42.8 Å². The Kier molecular flexibility index (Phi) is 4.62. The number of likely N-dealkylation sites (N-methyl/N-ethyl adjacent to an activating group) is 1. The number of carbonyl (C=O) groups excluding carboxylic acids is 1. The summed E-state index contributed by atoms with van der Waals surface area (Å²) >= 11 is 0. The molecule has 30 heavy (non-hydrogen) atoms. The molecule has 0 aliphatic carbocycles. The first kappa shape index (κ1) is 18.8. The van der Waals surface area contributed by atoms with E-state index < -0.39 is 0 Å². The maximum absolute atomic E-state index is 12.8. The predicted octanol–water partition coefficient (Wildman–Crippen LogP) is 2.64. The SMILES string of the molecule is CN1CCN(C(=O)COC2C[C@@H]3CCCN4CCc5c(n2c2ccccc52)[C@@H]34)CC1. The minimum atomic E-state index is -0.0330. The van der Waals surface area contributed by atoms with Gasteiger partial charge in [0, 0.05) is 43.8 Å². The summed E-state index contributed by atoms with van der Waals surface area (Å²) in [6, 6.07) is 9.33. The van der Waals surface area contributed by atoms with Crippen molar-refractivity contribution in [1.29, 1.82) is 0 Å². The highest BCUT2D eigenvalue weighted by Gasteiger charge is 2.45. The monoisotopic (exact) mass is 408 g/mol. The number of hydrogen-bond donors (Lipinski definition) is 0. The number of ether oxygens (including phenoxy) is 1. The molecule has 2 fully saturated rings. The summed E-state index contributed by atoms with van der Waals surface area (Å²) in [5.41, 5.74) is 4.29. The molecule has 1 aromatic carbocycles. The molecule has 1 aromatic heterocycles. The van der Waals surface area contributed by atoms with E-state index in [2.05, 4.69) is 45.7 Å². The van der Waals surface area contributed by atoms with E-state index in [0.29, 0.717) is 12.0 Å². The van der Waals surface area contributed by atoms with Crippen LogP contribution in [-0.2, 0) is 16.0 Å². The number of fused-ring (bicyclic) bond motifs is 3. The first-order chi connectivity index (χ1) is 14.7. The van der Waals surface area contributed by atoms with Gasteiger partial charge in [0.25, 0.3) is 0 Å². The molecule has 6 rings (SSSR count). The Morgan fingerprint density at radius 2 is 1.93 bits per heavy atom. The van der Waals surface area contributed by atoms with Crippen molar-refractivity contribution in [1.82, 2.24) is 19.3 Å². The molecule has 0 bridgehead atoms. The Bertz CT molecular complexity index is 962. The largest absolute Gasteiger partial charge is 0.348 e. The van der Waals surface area contributed by atoms with E-state index in [9.17, 15) is 4.79 Å². The van der Waals surface area contributed by atoms with Gasteiger partial charge in [-0.15, -0.1) is 0 Å². The smallest absolute Gasteiger partial charge is 0.248 e. The van der Waals surface area contributed by atoms with Crippen LogP contribution in [0.4, 0.5) is 0 Å². The highest BCUT2D eigenvalue weighted by atomic mass is 16.5. The summed E-state index contributed by atoms with van der Waals surface area (Å²) in [4.78, 5) is 19.8. The van der Waals surface area contributed by atoms with Crippen LogP contribution in [0.2, 0.25) is 0 Å². The number of rotatable bonds is 3. The third-order valence-corrected chi connectivity index (χ3v) is 7.89. The van der Waals surface area contributed by atoms with Crippen LogP contribution in [0.3, 0.4) is 0 Å². The molecule has 1 unspecified atom stereocenters. The van der Waals surface area contributed by atoms with Gasteiger partial charge in [0.05, 0.1) is 11.6 Å². The lowest BCUT2D eigenvalue weighted by molar-refractivity contribution is -0.144. The molecule has 0 N–H and O–H groups in total. The van der Waals surface area contributed by atoms with Crippen LogP contribution in [0, 0.1) is 5.92 Å². The molecule has 2 saturated heterocycles. The molecule has 1 amide bonds. The lowest BCUT2D eigenvalue weighted by Gasteiger charge is -2.49. The molecular formula is C24H32N4O2. The second-order valence-electron chi connectivity index (χ2n) is 9.57. The molecule has 4 aliphatic heterocycles. The normalized spacial score (nSPS) is 29.2. The topological polar surface area (TPSA) is 41.0 Å². The van der Waals surface area contributed by atoms with E-state index >= 15 is 0 Å². The van der Waals surface area contributed by atoms with Crippen molar-refractivity contribution in [2.75, 3.05) is 52.9 Å². The van der Waals surface area contributed by atoms with Crippen molar-refractivity contribution in [2.45, 2.75) is 38.0 Å². The number of piperazine rings is 1. The van der Waals surface area contributed by atoms with Crippen LogP contribution in [0.5, 0.6) is 0 Å². The minimum absolute atomic E-state index is 0.0330. The fourth-order valence-corrected chi connectivity index (χ4v) is 6.37. The van der Waals surface area contributed by atoms with Crippen molar-refractivity contribution in [3.63, 3.8) is 0 Å². The zero-order valence-corrected chi connectivity index (χ0v) is 17.9. The van der Waals surface area contributed by atoms with Gasteiger partial charge in [-0.1, -0.05) is 18.2 Å². The molecule has 6 nitrogen and oxygen atoms in total. The summed E-state index contributed by atoms with van der Waals surface area (Å²) in [7, 11) is 2.12. The van der Waals surface area contributed by atoms with Crippen LogP contribution in [0.15, 0.2) is 24.3 Å². The van der Waals surface area contributed by atoms with Crippen molar-refractivity contribution >= 4 is 16.8 Å². The van der Waals surface area contributed by atoms with E-state index in [4.69, 9.17) is 4.74 Å². The number of amides is 1. The van der Waals surface area contributed by atoms with Gasteiger partial charge in [-0.25, -0.2) is 0 Å². The van der Waals surface area contributed by atoms with E-state index in [1.54, 1.807) is 0 Å². The molecule has 4 aliphatic rings. The lowest BCUT2D eigenvalue weighted by Crippen LogP contribution is -2.49. The van der Waals surface area contributed by atoms with Crippen LogP contribution in [0.25, 0.3) is 10.9 Å². The average Bonchev–Trinajstić information content (AvgIpc) is 3.12. The van der Waals surface area contributed by atoms with Gasteiger partial charge < -0.3 is 19.1 Å². The number of benzene rings is 1. The van der Waals surface area contributed by atoms with Crippen LogP contribution < -0.4 is 0 Å². The first-order valence-corrected chi connectivity index (χ1v) is 11.6. The van der Waals surface area contributed by atoms with Crippen LogP contribution >= 0.6 is 0 Å². The molecular weight excluding hydrogens is 376 g/mol. The summed E-state index contributed by atoms with van der Waals surface area (Å²) in [5, 5.41) is 1.39. The van der Waals surface area contributed by atoms with Gasteiger partial charge in [-0.05, 0) is 56.8 Å². The molecule has 0 spiro atoms. The number of para-hydroxylation sites is 1. The Labute approximate surface area is 178 Å². The molecule has 2 aromatic rings. The van der Waals surface area contributed by atoms with E-state index in [1.807, 2.05) is 4.90 Å². The second-order valence-corrected chi connectivity index (χ2v) is 9.57. The summed E-state index contributed by atoms with van der Waals surface area (Å²) in [6.07, 6.45) is 4.66. The van der Waals surface area contributed by atoms with Crippen LogP contribution in [-0.4, -0.2) is 78.1 Å². The van der Waals surface area contributed by atoms with Gasteiger partial charge in [-0.3, -0.25) is 9.69 Å². The average molecular weight is 409 g/mol. The Morgan fingerprint density at radius 3 is 2.80 bits per heavy atom. The third-order valence-electron chi connectivity index (χ3n) is 7.89. The third kappa shape index (κ3) is 2.92. The van der Waals surface area contributed by atoms with Crippen molar-refractivity contribution in [3.8, 4) is 0 Å². The molecule has 6 heteroatoms.